The molecule has 0 aliphatic rings. The van der Waals surface area contributed by atoms with Crippen molar-refractivity contribution in [3.05, 3.63) is 62.0 Å². The second-order valence-electron chi connectivity index (χ2n) is 4.19. The van der Waals surface area contributed by atoms with E-state index in [1.54, 1.807) is 42.5 Å². The zero-order chi connectivity index (χ0) is 15.4. The fourth-order valence-electron chi connectivity index (χ4n) is 1.74. The fraction of sp³-hybridized carbons (Fsp3) is 0. The van der Waals surface area contributed by atoms with Crippen LogP contribution in [-0.2, 0) is 0 Å². The van der Waals surface area contributed by atoms with E-state index in [4.69, 9.17) is 5.26 Å². The quantitative estimate of drug-likeness (QED) is 0.575. The minimum Gasteiger partial charge on any atom is -0.506 e. The summed E-state index contributed by atoms with van der Waals surface area (Å²) < 4.78 is 1.08. The smallest absolute Gasteiger partial charge is 0.143 e. The first kappa shape index (κ1) is 15.3. The highest BCUT2D eigenvalue weighted by Gasteiger charge is 2.07. The number of halogens is 2. The highest BCUT2D eigenvalue weighted by molar-refractivity contribution is 9.11. The standard InChI is InChI=1S/C16H8Br2N2O/c17-14-6-11(7-15(18)16(14)21)5-13(9-20)12-3-1-10(8-19)2-4-12/h1-7,21H/b13-5-. The van der Waals surface area contributed by atoms with Gasteiger partial charge >= 0.3 is 0 Å². The van der Waals surface area contributed by atoms with Gasteiger partial charge in [-0.15, -0.1) is 0 Å². The third kappa shape index (κ3) is 3.52. The van der Waals surface area contributed by atoms with Crippen LogP contribution in [0.15, 0.2) is 45.3 Å². The van der Waals surface area contributed by atoms with Crippen LogP contribution in [0.25, 0.3) is 11.6 Å². The number of phenolic OH excluding ortho intramolecular Hbond substituents is 1. The Kier molecular flexibility index (Phi) is 4.80. The van der Waals surface area contributed by atoms with E-state index in [9.17, 15) is 10.4 Å². The van der Waals surface area contributed by atoms with Crippen LogP contribution in [0.2, 0.25) is 0 Å². The summed E-state index contributed by atoms with van der Waals surface area (Å²) in [5.41, 5.74) is 2.53. The number of rotatable bonds is 2. The van der Waals surface area contributed by atoms with Crippen molar-refractivity contribution in [1.29, 1.82) is 10.5 Å². The van der Waals surface area contributed by atoms with Crippen molar-refractivity contribution >= 4 is 43.5 Å². The summed E-state index contributed by atoms with van der Waals surface area (Å²) >= 11 is 6.51. The zero-order valence-corrected chi connectivity index (χ0v) is 13.8. The Balaban J connectivity index is 2.46. The van der Waals surface area contributed by atoms with Crippen molar-refractivity contribution in [1.82, 2.24) is 0 Å². The minimum atomic E-state index is 0.115. The summed E-state index contributed by atoms with van der Waals surface area (Å²) in [7, 11) is 0. The van der Waals surface area contributed by atoms with Gasteiger partial charge < -0.3 is 5.11 Å². The number of aromatic hydroxyl groups is 1. The van der Waals surface area contributed by atoms with E-state index in [-0.39, 0.29) is 5.75 Å². The monoisotopic (exact) mass is 402 g/mol. The molecule has 0 saturated carbocycles. The van der Waals surface area contributed by atoms with Crippen LogP contribution in [-0.4, -0.2) is 5.11 Å². The average molecular weight is 404 g/mol. The van der Waals surface area contributed by atoms with E-state index in [0.717, 1.165) is 11.1 Å². The van der Waals surface area contributed by atoms with Crippen LogP contribution in [0.1, 0.15) is 16.7 Å². The summed E-state index contributed by atoms with van der Waals surface area (Å²) in [6.45, 7) is 0. The molecule has 0 fully saturated rings. The lowest BCUT2D eigenvalue weighted by Crippen LogP contribution is -1.84. The van der Waals surface area contributed by atoms with Gasteiger partial charge in [-0.25, -0.2) is 0 Å². The molecular formula is C16H8Br2N2O. The van der Waals surface area contributed by atoms with Gasteiger partial charge in [-0.05, 0) is 73.3 Å². The number of benzene rings is 2. The van der Waals surface area contributed by atoms with Crippen molar-refractivity contribution in [3.8, 4) is 17.9 Å². The minimum absolute atomic E-state index is 0.115. The number of nitriles is 2. The van der Waals surface area contributed by atoms with Crippen LogP contribution in [0.4, 0.5) is 0 Å². The molecule has 0 amide bonds. The molecule has 3 nitrogen and oxygen atoms in total. The van der Waals surface area contributed by atoms with Gasteiger partial charge in [0.15, 0.2) is 0 Å². The Labute approximate surface area is 139 Å². The van der Waals surface area contributed by atoms with Crippen molar-refractivity contribution in [2.75, 3.05) is 0 Å². The maximum absolute atomic E-state index is 9.69. The summed E-state index contributed by atoms with van der Waals surface area (Å²) in [5.74, 6) is 0.115. The second-order valence-corrected chi connectivity index (χ2v) is 5.90. The highest BCUT2D eigenvalue weighted by Crippen LogP contribution is 2.34. The predicted octanol–water partition coefficient (Wildman–Crippen LogP) is 4.85. The van der Waals surface area contributed by atoms with E-state index in [0.29, 0.717) is 20.1 Å². The van der Waals surface area contributed by atoms with Gasteiger partial charge in [0, 0.05) is 0 Å². The summed E-state index contributed by atoms with van der Waals surface area (Å²) in [4.78, 5) is 0. The predicted molar refractivity (Wildman–Crippen MR) is 88.1 cm³/mol. The summed E-state index contributed by atoms with van der Waals surface area (Å²) in [6.07, 6.45) is 1.72. The Hall–Kier alpha value is -2.08. The molecule has 2 aromatic carbocycles. The lowest BCUT2D eigenvalue weighted by molar-refractivity contribution is 0.468. The molecule has 0 atom stereocenters. The van der Waals surface area contributed by atoms with Crippen LogP contribution in [0.3, 0.4) is 0 Å². The lowest BCUT2D eigenvalue weighted by atomic mass is 10.0. The largest absolute Gasteiger partial charge is 0.506 e. The molecule has 0 unspecified atom stereocenters. The molecule has 0 aliphatic carbocycles. The van der Waals surface area contributed by atoms with Gasteiger partial charge in [-0.2, -0.15) is 10.5 Å². The number of hydrogen-bond acceptors (Lipinski definition) is 3. The fourth-order valence-corrected chi connectivity index (χ4v) is 2.96. The molecule has 0 bridgehead atoms. The molecular weight excluding hydrogens is 396 g/mol. The van der Waals surface area contributed by atoms with Crippen molar-refractivity contribution in [3.63, 3.8) is 0 Å². The third-order valence-electron chi connectivity index (χ3n) is 2.80. The normalized spacial score (nSPS) is 10.8. The van der Waals surface area contributed by atoms with E-state index in [1.165, 1.54) is 0 Å². The summed E-state index contributed by atoms with van der Waals surface area (Å²) in [6, 6.07) is 14.4. The maximum Gasteiger partial charge on any atom is 0.143 e. The SMILES string of the molecule is N#C/C(=C/c1cc(Br)c(O)c(Br)c1)c1ccc(C#N)cc1. The number of nitrogens with zero attached hydrogens (tertiary/aromatic N) is 2. The molecule has 0 radical (unpaired) electrons. The second kappa shape index (κ2) is 6.58. The molecule has 0 saturated heterocycles. The Morgan fingerprint density at radius 2 is 1.62 bits per heavy atom. The first-order valence-corrected chi connectivity index (χ1v) is 7.44. The molecule has 0 aromatic heterocycles. The first-order chi connectivity index (χ1) is 10.0. The average Bonchev–Trinajstić information content (AvgIpc) is 2.50. The van der Waals surface area contributed by atoms with E-state index < -0.39 is 0 Å². The topological polar surface area (TPSA) is 67.8 Å². The molecule has 102 valence electrons. The van der Waals surface area contributed by atoms with E-state index in [1.807, 2.05) is 6.07 Å². The van der Waals surface area contributed by atoms with Crippen LogP contribution < -0.4 is 0 Å². The first-order valence-electron chi connectivity index (χ1n) is 5.85. The Bertz CT molecular complexity index is 774. The number of phenols is 1. The van der Waals surface area contributed by atoms with E-state index >= 15 is 0 Å². The highest BCUT2D eigenvalue weighted by atomic mass is 79.9. The third-order valence-corrected chi connectivity index (χ3v) is 4.00. The number of hydrogen-bond donors (Lipinski definition) is 1. The van der Waals surface area contributed by atoms with Gasteiger partial charge in [0.2, 0.25) is 0 Å². The Morgan fingerprint density at radius 3 is 2.10 bits per heavy atom. The van der Waals surface area contributed by atoms with Gasteiger partial charge in [0.1, 0.15) is 5.75 Å². The van der Waals surface area contributed by atoms with Crippen LogP contribution >= 0.6 is 31.9 Å². The van der Waals surface area contributed by atoms with E-state index in [2.05, 4.69) is 37.9 Å². The van der Waals surface area contributed by atoms with Crippen LogP contribution in [0.5, 0.6) is 5.75 Å². The van der Waals surface area contributed by atoms with Gasteiger partial charge in [0.05, 0.1) is 32.2 Å². The molecule has 1 N–H and O–H groups in total. The molecule has 2 rings (SSSR count). The van der Waals surface area contributed by atoms with Crippen molar-refractivity contribution in [2.45, 2.75) is 0 Å². The molecule has 0 spiro atoms. The number of allylic oxidation sites excluding steroid dienone is 1. The molecule has 2 aromatic rings. The van der Waals surface area contributed by atoms with Gasteiger partial charge in [0.25, 0.3) is 0 Å². The molecule has 21 heavy (non-hydrogen) atoms. The summed E-state index contributed by atoms with van der Waals surface area (Å²) in [5, 5.41) is 27.8. The van der Waals surface area contributed by atoms with Crippen molar-refractivity contribution < 1.29 is 5.11 Å². The zero-order valence-electron chi connectivity index (χ0n) is 10.6. The molecule has 5 heteroatoms. The van der Waals surface area contributed by atoms with Gasteiger partial charge in [-0.3, -0.25) is 0 Å². The van der Waals surface area contributed by atoms with Crippen molar-refractivity contribution in [2.24, 2.45) is 0 Å². The molecule has 0 heterocycles. The molecule has 0 aliphatic heterocycles. The van der Waals surface area contributed by atoms with Crippen LogP contribution in [0, 0.1) is 22.7 Å². The van der Waals surface area contributed by atoms with Gasteiger partial charge in [-0.1, -0.05) is 12.1 Å². The Morgan fingerprint density at radius 1 is 1.05 bits per heavy atom. The lowest BCUT2D eigenvalue weighted by Gasteiger charge is -2.04. The maximum atomic E-state index is 9.69.